The minimum atomic E-state index is -3.49. The Bertz CT molecular complexity index is 1040. The van der Waals surface area contributed by atoms with E-state index in [1.165, 1.54) is 27.0 Å². The minimum absolute atomic E-state index is 0.165. The first-order chi connectivity index (χ1) is 14.4. The molecule has 1 aliphatic heterocycles. The number of piperidine rings is 1. The number of nitrogens with one attached hydrogen (secondary N) is 1. The fraction of sp³-hybridized carbons (Fsp3) is 0.500. The van der Waals surface area contributed by atoms with E-state index in [-0.39, 0.29) is 11.8 Å². The van der Waals surface area contributed by atoms with Gasteiger partial charge < -0.3 is 11.1 Å². The van der Waals surface area contributed by atoms with Gasteiger partial charge in [-0.05, 0) is 55.5 Å². The third-order valence-corrected chi connectivity index (χ3v) is 10.3. The van der Waals surface area contributed by atoms with Crippen LogP contribution in [0, 0.1) is 5.92 Å². The molecule has 0 bridgehead atoms. The molecule has 10 heteroatoms. The van der Waals surface area contributed by atoms with Crippen molar-refractivity contribution in [3.63, 3.8) is 0 Å². The predicted octanol–water partition coefficient (Wildman–Crippen LogP) is 3.22. The second kappa shape index (κ2) is 8.78. The molecular formula is C20H25N3O4S3. The summed E-state index contributed by atoms with van der Waals surface area (Å²) in [4.78, 5) is 26.1. The number of rotatable bonds is 5. The molecule has 1 aliphatic carbocycles. The standard InChI is InChI=1S/C20H25N3O4S3/c21-18(24)17-14-5-2-1-3-6-15(14)29-20(17)22-19(25)13-8-10-23(11-9-13)30(26,27)16-7-4-12-28-16/h4,7,12-13H,1-3,5-6,8-11H2,(H2,21,24)(H,22,25). The molecule has 1 fully saturated rings. The van der Waals surface area contributed by atoms with Gasteiger partial charge in [0, 0.05) is 23.9 Å². The van der Waals surface area contributed by atoms with Gasteiger partial charge in [0.15, 0.2) is 0 Å². The van der Waals surface area contributed by atoms with Crippen LogP contribution in [0.25, 0.3) is 0 Å². The molecular weight excluding hydrogens is 442 g/mol. The largest absolute Gasteiger partial charge is 0.365 e. The molecule has 162 valence electrons. The van der Waals surface area contributed by atoms with E-state index < -0.39 is 15.9 Å². The first-order valence-electron chi connectivity index (χ1n) is 10.2. The number of aryl methyl sites for hydroxylation is 1. The van der Waals surface area contributed by atoms with Crippen molar-refractivity contribution >= 4 is 49.5 Å². The lowest BCUT2D eigenvalue weighted by atomic mass is 9.97. The zero-order valence-corrected chi connectivity index (χ0v) is 19.0. The first kappa shape index (κ1) is 21.5. The molecule has 30 heavy (non-hydrogen) atoms. The molecule has 0 aromatic carbocycles. The van der Waals surface area contributed by atoms with E-state index in [4.69, 9.17) is 5.73 Å². The third kappa shape index (κ3) is 4.18. The molecule has 0 radical (unpaired) electrons. The summed E-state index contributed by atoms with van der Waals surface area (Å²) in [5.41, 5.74) is 7.10. The maximum Gasteiger partial charge on any atom is 0.252 e. The number of hydrogen-bond donors (Lipinski definition) is 2. The first-order valence-corrected chi connectivity index (χ1v) is 13.3. The number of sulfonamides is 1. The second-order valence-electron chi connectivity index (χ2n) is 7.73. The molecule has 2 aliphatic rings. The molecule has 0 unspecified atom stereocenters. The highest BCUT2D eigenvalue weighted by Crippen LogP contribution is 2.38. The Kier molecular flexibility index (Phi) is 6.29. The van der Waals surface area contributed by atoms with Gasteiger partial charge in [-0.25, -0.2) is 8.42 Å². The van der Waals surface area contributed by atoms with Crippen molar-refractivity contribution in [2.45, 2.75) is 49.2 Å². The number of anilines is 1. The number of nitrogens with two attached hydrogens (primary N) is 1. The van der Waals surface area contributed by atoms with Gasteiger partial charge >= 0.3 is 0 Å². The molecule has 0 saturated carbocycles. The van der Waals surface area contributed by atoms with Gasteiger partial charge in [-0.2, -0.15) is 4.31 Å². The van der Waals surface area contributed by atoms with Crippen LogP contribution < -0.4 is 11.1 Å². The number of fused-ring (bicyclic) bond motifs is 1. The molecule has 0 atom stereocenters. The smallest absolute Gasteiger partial charge is 0.252 e. The van der Waals surface area contributed by atoms with Crippen LogP contribution in [0.5, 0.6) is 0 Å². The molecule has 0 spiro atoms. The fourth-order valence-electron chi connectivity index (χ4n) is 4.20. The number of thiophene rings is 2. The molecule has 2 aromatic rings. The third-order valence-electron chi connectivity index (χ3n) is 5.82. The fourth-order valence-corrected chi connectivity index (χ4v) is 8.11. The van der Waals surface area contributed by atoms with Gasteiger partial charge in [-0.1, -0.05) is 12.5 Å². The molecule has 2 aromatic heterocycles. The summed E-state index contributed by atoms with van der Waals surface area (Å²) in [6, 6.07) is 3.32. The van der Waals surface area contributed by atoms with Crippen LogP contribution in [0.4, 0.5) is 5.00 Å². The van der Waals surface area contributed by atoms with Crippen LogP contribution >= 0.6 is 22.7 Å². The Morgan fingerprint density at radius 2 is 1.87 bits per heavy atom. The Balaban J connectivity index is 1.44. The van der Waals surface area contributed by atoms with Gasteiger partial charge in [0.1, 0.15) is 9.21 Å². The van der Waals surface area contributed by atoms with Crippen molar-refractivity contribution in [2.24, 2.45) is 11.7 Å². The molecule has 3 heterocycles. The van der Waals surface area contributed by atoms with Crippen molar-refractivity contribution < 1.29 is 18.0 Å². The normalized spacial score (nSPS) is 18.5. The van der Waals surface area contributed by atoms with Crippen LogP contribution in [0.15, 0.2) is 21.7 Å². The molecule has 2 amide bonds. The Hall–Kier alpha value is -1.75. The van der Waals surface area contributed by atoms with Crippen molar-refractivity contribution in [2.75, 3.05) is 18.4 Å². The van der Waals surface area contributed by atoms with E-state index in [2.05, 4.69) is 5.32 Å². The van der Waals surface area contributed by atoms with E-state index in [9.17, 15) is 18.0 Å². The zero-order valence-electron chi connectivity index (χ0n) is 16.6. The summed E-state index contributed by atoms with van der Waals surface area (Å²) in [5, 5.41) is 5.22. The number of hydrogen-bond acceptors (Lipinski definition) is 6. The Morgan fingerprint density at radius 3 is 2.53 bits per heavy atom. The predicted molar refractivity (Wildman–Crippen MR) is 119 cm³/mol. The topological polar surface area (TPSA) is 110 Å². The molecule has 4 rings (SSSR count). The van der Waals surface area contributed by atoms with E-state index in [1.54, 1.807) is 17.5 Å². The van der Waals surface area contributed by atoms with Crippen molar-refractivity contribution in [1.29, 1.82) is 0 Å². The average molecular weight is 468 g/mol. The highest BCUT2D eigenvalue weighted by Gasteiger charge is 2.33. The second-order valence-corrected chi connectivity index (χ2v) is 12.0. The average Bonchev–Trinajstić information content (AvgIpc) is 3.32. The zero-order chi connectivity index (χ0) is 21.3. The summed E-state index contributed by atoms with van der Waals surface area (Å²) in [6.07, 6.45) is 5.87. The van der Waals surface area contributed by atoms with Crippen LogP contribution in [-0.2, 0) is 27.7 Å². The summed E-state index contributed by atoms with van der Waals surface area (Å²) in [6.45, 7) is 0.615. The van der Waals surface area contributed by atoms with E-state index in [0.29, 0.717) is 40.7 Å². The quantitative estimate of drug-likeness (QED) is 0.658. The van der Waals surface area contributed by atoms with Crippen LogP contribution in [-0.4, -0.2) is 37.6 Å². The van der Waals surface area contributed by atoms with Crippen LogP contribution in [0.2, 0.25) is 0 Å². The van der Waals surface area contributed by atoms with Gasteiger partial charge in [0.2, 0.25) is 5.91 Å². The summed E-state index contributed by atoms with van der Waals surface area (Å²) < 4.78 is 27.1. The van der Waals surface area contributed by atoms with Gasteiger partial charge in [-0.3, -0.25) is 9.59 Å². The number of amides is 2. The lowest BCUT2D eigenvalue weighted by molar-refractivity contribution is -0.120. The number of primary amides is 1. The van der Waals surface area contributed by atoms with E-state index in [1.807, 2.05) is 0 Å². The molecule has 1 saturated heterocycles. The highest BCUT2D eigenvalue weighted by molar-refractivity contribution is 7.91. The number of nitrogens with zero attached hydrogens (tertiary/aromatic N) is 1. The van der Waals surface area contributed by atoms with Crippen molar-refractivity contribution in [1.82, 2.24) is 4.31 Å². The SMILES string of the molecule is NC(=O)c1c(NC(=O)C2CCN(S(=O)(=O)c3cccs3)CC2)sc2c1CCCCC2. The maximum absolute atomic E-state index is 12.9. The van der Waals surface area contributed by atoms with Crippen molar-refractivity contribution in [3.8, 4) is 0 Å². The number of carbonyl (C=O) groups is 2. The number of carbonyl (C=O) groups excluding carboxylic acids is 2. The monoisotopic (exact) mass is 467 g/mol. The molecule has 7 nitrogen and oxygen atoms in total. The lowest BCUT2D eigenvalue weighted by Gasteiger charge is -2.30. The summed E-state index contributed by atoms with van der Waals surface area (Å²) in [5.74, 6) is -0.953. The Morgan fingerprint density at radius 1 is 1.13 bits per heavy atom. The van der Waals surface area contributed by atoms with Crippen LogP contribution in [0.1, 0.15) is 52.9 Å². The minimum Gasteiger partial charge on any atom is -0.365 e. The maximum atomic E-state index is 12.9. The van der Waals surface area contributed by atoms with E-state index >= 15 is 0 Å². The summed E-state index contributed by atoms with van der Waals surface area (Å²) in [7, 11) is -3.49. The highest BCUT2D eigenvalue weighted by atomic mass is 32.2. The van der Waals surface area contributed by atoms with Crippen LogP contribution in [0.3, 0.4) is 0 Å². The van der Waals surface area contributed by atoms with Crippen molar-refractivity contribution in [3.05, 3.63) is 33.5 Å². The Labute approximate surface area is 184 Å². The molecule has 3 N–H and O–H groups in total. The van der Waals surface area contributed by atoms with Gasteiger partial charge in [0.05, 0.1) is 5.56 Å². The van der Waals surface area contributed by atoms with Gasteiger partial charge in [0.25, 0.3) is 15.9 Å². The van der Waals surface area contributed by atoms with Gasteiger partial charge in [-0.15, -0.1) is 22.7 Å². The van der Waals surface area contributed by atoms with E-state index in [0.717, 1.165) is 42.5 Å². The lowest BCUT2D eigenvalue weighted by Crippen LogP contribution is -2.41. The summed E-state index contributed by atoms with van der Waals surface area (Å²) >= 11 is 2.66.